The second-order valence-corrected chi connectivity index (χ2v) is 6.95. The van der Waals surface area contributed by atoms with Gasteiger partial charge in [-0.1, -0.05) is 24.3 Å². The van der Waals surface area contributed by atoms with Crippen molar-refractivity contribution in [2.75, 3.05) is 13.1 Å². The highest BCUT2D eigenvalue weighted by Crippen LogP contribution is 2.26. The molecule has 2 atom stereocenters. The number of likely N-dealkylation sites (tertiary alicyclic amines) is 1. The van der Waals surface area contributed by atoms with Crippen LogP contribution in [0, 0.1) is 6.92 Å². The van der Waals surface area contributed by atoms with Gasteiger partial charge in [-0.25, -0.2) is 0 Å². The van der Waals surface area contributed by atoms with Gasteiger partial charge in [0.15, 0.2) is 0 Å². The van der Waals surface area contributed by atoms with Gasteiger partial charge in [0.05, 0.1) is 0 Å². The van der Waals surface area contributed by atoms with Crippen LogP contribution in [0.4, 0.5) is 0 Å². The van der Waals surface area contributed by atoms with E-state index in [0.717, 1.165) is 29.8 Å². The van der Waals surface area contributed by atoms with Crippen molar-refractivity contribution in [1.29, 1.82) is 0 Å². The van der Waals surface area contributed by atoms with Crippen LogP contribution in [0.15, 0.2) is 41.3 Å². The Balaban J connectivity index is 1.53. The van der Waals surface area contributed by atoms with E-state index in [1.54, 1.807) is 4.57 Å². The summed E-state index contributed by atoms with van der Waals surface area (Å²) in [4.78, 5) is 14.4. The van der Waals surface area contributed by atoms with Gasteiger partial charge in [-0.2, -0.15) is 0 Å². The number of benzene rings is 1. The maximum Gasteiger partial charge on any atom is 0.253 e. The molecule has 2 saturated heterocycles. The van der Waals surface area contributed by atoms with Gasteiger partial charge in [0.25, 0.3) is 5.56 Å². The fourth-order valence-corrected chi connectivity index (χ4v) is 3.91. The molecule has 23 heavy (non-hydrogen) atoms. The molecule has 1 aromatic carbocycles. The molecule has 2 aromatic rings. The maximum absolute atomic E-state index is 11.8. The molecule has 2 bridgehead atoms. The Bertz CT molecular complexity index is 752. The minimum absolute atomic E-state index is 0.0723. The summed E-state index contributed by atoms with van der Waals surface area (Å²) in [7, 11) is 1.81. The van der Waals surface area contributed by atoms with Gasteiger partial charge < -0.3 is 9.88 Å². The number of nitrogens with one attached hydrogen (secondary N) is 1. The van der Waals surface area contributed by atoms with Crippen molar-refractivity contribution in [2.45, 2.75) is 32.0 Å². The number of pyridine rings is 1. The minimum atomic E-state index is 0.0723. The van der Waals surface area contributed by atoms with Crippen molar-refractivity contribution in [2.24, 2.45) is 7.05 Å². The molecule has 120 valence electrons. The molecule has 0 saturated carbocycles. The molecule has 0 amide bonds. The Morgan fingerprint density at radius 1 is 1.22 bits per heavy atom. The first-order valence-corrected chi connectivity index (χ1v) is 8.34. The lowest BCUT2D eigenvalue weighted by Gasteiger charge is -2.27. The van der Waals surface area contributed by atoms with E-state index in [-0.39, 0.29) is 5.56 Å². The van der Waals surface area contributed by atoms with Crippen LogP contribution in [0.5, 0.6) is 0 Å². The number of piperazine rings is 1. The molecule has 0 radical (unpaired) electrons. The van der Waals surface area contributed by atoms with Gasteiger partial charge in [-0.05, 0) is 36.1 Å². The highest BCUT2D eigenvalue weighted by molar-refractivity contribution is 5.63. The lowest BCUT2D eigenvalue weighted by atomic mass is 10.0. The van der Waals surface area contributed by atoms with E-state index in [2.05, 4.69) is 34.5 Å². The first kappa shape index (κ1) is 14.7. The first-order valence-electron chi connectivity index (χ1n) is 8.34. The van der Waals surface area contributed by atoms with E-state index >= 15 is 0 Å². The monoisotopic (exact) mass is 309 g/mol. The third-order valence-electron chi connectivity index (χ3n) is 5.21. The van der Waals surface area contributed by atoms with E-state index in [9.17, 15) is 4.79 Å². The summed E-state index contributed by atoms with van der Waals surface area (Å²) in [5.74, 6) is 0. The predicted molar refractivity (Wildman–Crippen MR) is 92.5 cm³/mol. The summed E-state index contributed by atoms with van der Waals surface area (Å²) < 4.78 is 1.66. The van der Waals surface area contributed by atoms with Crippen LogP contribution < -0.4 is 10.9 Å². The molecule has 4 nitrogen and oxygen atoms in total. The standard InChI is InChI=1S/C19H23N3O/c1-13-7-16(11-21(2)19(13)23)15-5-3-14(4-6-15)10-22-12-17-8-18(22)9-20-17/h3-7,11,17-18,20H,8-10,12H2,1-2H3. The van der Waals surface area contributed by atoms with Gasteiger partial charge in [0.2, 0.25) is 0 Å². The minimum Gasteiger partial charge on any atom is -0.318 e. The first-order chi connectivity index (χ1) is 11.1. The molecule has 0 aliphatic carbocycles. The van der Waals surface area contributed by atoms with Gasteiger partial charge >= 0.3 is 0 Å². The Morgan fingerprint density at radius 3 is 2.61 bits per heavy atom. The SMILES string of the molecule is Cc1cc(-c2ccc(CN3CC4CC3CN4)cc2)cn(C)c1=O. The van der Waals surface area contributed by atoms with Gasteiger partial charge in [-0.15, -0.1) is 0 Å². The lowest BCUT2D eigenvalue weighted by Crippen LogP contribution is -2.42. The molecule has 0 spiro atoms. The van der Waals surface area contributed by atoms with Gasteiger partial charge in [0, 0.05) is 50.5 Å². The largest absolute Gasteiger partial charge is 0.318 e. The Labute approximate surface area is 136 Å². The molecular weight excluding hydrogens is 286 g/mol. The molecular formula is C19H23N3O. The molecule has 3 heterocycles. The summed E-state index contributed by atoms with van der Waals surface area (Å²) in [6, 6.07) is 12.2. The third-order valence-corrected chi connectivity index (χ3v) is 5.21. The van der Waals surface area contributed by atoms with E-state index < -0.39 is 0 Å². The topological polar surface area (TPSA) is 37.3 Å². The highest BCUT2D eigenvalue weighted by atomic mass is 16.1. The van der Waals surface area contributed by atoms with Crippen LogP contribution in [0.3, 0.4) is 0 Å². The van der Waals surface area contributed by atoms with Crippen LogP contribution in [-0.4, -0.2) is 34.6 Å². The van der Waals surface area contributed by atoms with Crippen molar-refractivity contribution >= 4 is 0 Å². The van der Waals surface area contributed by atoms with Crippen molar-refractivity contribution in [3.05, 3.63) is 58.0 Å². The Hall–Kier alpha value is -1.91. The summed E-state index contributed by atoms with van der Waals surface area (Å²) in [6.07, 6.45) is 3.21. The zero-order chi connectivity index (χ0) is 16.0. The summed E-state index contributed by atoms with van der Waals surface area (Å²) in [5, 5.41) is 3.55. The van der Waals surface area contributed by atoms with Crippen LogP contribution in [0.1, 0.15) is 17.5 Å². The second kappa shape index (κ2) is 5.62. The fraction of sp³-hybridized carbons (Fsp3) is 0.421. The number of nitrogens with zero attached hydrogens (tertiary/aromatic N) is 2. The number of rotatable bonds is 3. The quantitative estimate of drug-likeness (QED) is 0.941. The van der Waals surface area contributed by atoms with Gasteiger partial charge in [-0.3, -0.25) is 9.69 Å². The number of aryl methyl sites for hydroxylation is 2. The Morgan fingerprint density at radius 2 is 2.00 bits per heavy atom. The zero-order valence-corrected chi connectivity index (χ0v) is 13.7. The molecule has 4 rings (SSSR count). The van der Waals surface area contributed by atoms with Crippen LogP contribution >= 0.6 is 0 Å². The molecule has 2 aliphatic rings. The van der Waals surface area contributed by atoms with Crippen molar-refractivity contribution in [1.82, 2.24) is 14.8 Å². The molecule has 4 heteroatoms. The second-order valence-electron chi connectivity index (χ2n) is 6.95. The van der Waals surface area contributed by atoms with Gasteiger partial charge in [0.1, 0.15) is 0 Å². The summed E-state index contributed by atoms with van der Waals surface area (Å²) in [5.41, 5.74) is 4.48. The number of aromatic nitrogens is 1. The summed E-state index contributed by atoms with van der Waals surface area (Å²) >= 11 is 0. The highest BCUT2D eigenvalue weighted by Gasteiger charge is 2.37. The number of hydrogen-bond donors (Lipinski definition) is 1. The van der Waals surface area contributed by atoms with Crippen LogP contribution in [0.2, 0.25) is 0 Å². The number of fused-ring (bicyclic) bond motifs is 2. The molecule has 2 aliphatic heterocycles. The third kappa shape index (κ3) is 2.73. The van der Waals surface area contributed by atoms with Crippen molar-refractivity contribution in [3.63, 3.8) is 0 Å². The van der Waals surface area contributed by atoms with Crippen molar-refractivity contribution in [3.8, 4) is 11.1 Å². The fourth-order valence-electron chi connectivity index (χ4n) is 3.91. The van der Waals surface area contributed by atoms with E-state index in [4.69, 9.17) is 0 Å². The average Bonchev–Trinajstić information content (AvgIpc) is 3.15. The maximum atomic E-state index is 11.8. The smallest absolute Gasteiger partial charge is 0.253 e. The molecule has 2 fully saturated rings. The predicted octanol–water partition coefficient (Wildman–Crippen LogP) is 1.91. The Kier molecular flexibility index (Phi) is 3.58. The average molecular weight is 309 g/mol. The molecule has 2 unspecified atom stereocenters. The molecule has 1 N–H and O–H groups in total. The molecule has 1 aromatic heterocycles. The normalized spacial score (nSPS) is 23.6. The van der Waals surface area contributed by atoms with Crippen LogP contribution in [0.25, 0.3) is 11.1 Å². The van der Waals surface area contributed by atoms with Crippen LogP contribution in [-0.2, 0) is 13.6 Å². The lowest BCUT2D eigenvalue weighted by molar-refractivity contribution is 0.218. The van der Waals surface area contributed by atoms with E-state index in [1.165, 1.54) is 18.5 Å². The van der Waals surface area contributed by atoms with E-state index in [1.807, 2.05) is 26.2 Å². The van der Waals surface area contributed by atoms with E-state index in [0.29, 0.717) is 12.1 Å². The van der Waals surface area contributed by atoms with Crippen molar-refractivity contribution < 1.29 is 0 Å². The number of hydrogen-bond acceptors (Lipinski definition) is 3. The summed E-state index contributed by atoms with van der Waals surface area (Å²) in [6.45, 7) is 5.22. The zero-order valence-electron chi connectivity index (χ0n) is 13.7.